The summed E-state index contributed by atoms with van der Waals surface area (Å²) in [6, 6.07) is 6.48. The van der Waals surface area contributed by atoms with E-state index in [1.807, 2.05) is 45.0 Å². The lowest BCUT2D eigenvalue weighted by Crippen LogP contribution is -2.70. The molecule has 2 heterocycles. The van der Waals surface area contributed by atoms with E-state index < -0.39 is 22.8 Å². The molecule has 152 valence electrons. The zero-order chi connectivity index (χ0) is 20.8. The lowest BCUT2D eigenvalue weighted by Gasteiger charge is -2.43. The van der Waals surface area contributed by atoms with E-state index >= 15 is 0 Å². The van der Waals surface area contributed by atoms with Gasteiger partial charge in [-0.3, -0.25) is 9.59 Å². The first-order chi connectivity index (χ1) is 13.0. The second-order valence-corrected chi connectivity index (χ2v) is 10.4. The van der Waals surface area contributed by atoms with E-state index in [0.29, 0.717) is 5.92 Å². The Bertz CT molecular complexity index is 790. The van der Waals surface area contributed by atoms with Crippen LogP contribution in [0.4, 0.5) is 0 Å². The Hall–Kier alpha value is -2.02. The standard InChI is InChI=1S/C21H28N2O4S/c1-11(2)10-13-6-8-14(9-7-13)12(3)17(24)22-15-18(25)23-16(20(26)27)21(4,5)28-19(15)23/h6-9,11-12,15-16,19H,10H2,1-5H3,(H,22,24)(H,26,27)/t12?,15-,16+,19-/m1/s1. The van der Waals surface area contributed by atoms with Crippen LogP contribution in [0.15, 0.2) is 24.3 Å². The third-order valence-corrected chi connectivity index (χ3v) is 7.06. The highest BCUT2D eigenvalue weighted by Gasteiger charge is 2.64. The molecule has 1 aromatic carbocycles. The summed E-state index contributed by atoms with van der Waals surface area (Å²) in [6.07, 6.45) is 0.993. The number of benzene rings is 1. The Labute approximate surface area is 170 Å². The summed E-state index contributed by atoms with van der Waals surface area (Å²) < 4.78 is -0.594. The third-order valence-electron chi connectivity index (χ3n) is 5.49. The van der Waals surface area contributed by atoms with Crippen molar-refractivity contribution in [2.45, 2.75) is 69.2 Å². The van der Waals surface area contributed by atoms with Gasteiger partial charge in [0.1, 0.15) is 17.5 Å². The SMILES string of the molecule is CC(C)Cc1ccc(C(C)C(=O)N[C@@H]2C(=O)N3[C@@H]2SC(C)(C)[C@@H]3C(=O)O)cc1. The Morgan fingerprint density at radius 1 is 1.21 bits per heavy atom. The van der Waals surface area contributed by atoms with Crippen molar-refractivity contribution < 1.29 is 19.5 Å². The molecule has 2 saturated heterocycles. The highest BCUT2D eigenvalue weighted by molar-refractivity contribution is 8.01. The number of β-lactam (4-membered cyclic amide) rings is 1. The highest BCUT2D eigenvalue weighted by Crippen LogP contribution is 2.50. The molecule has 0 aromatic heterocycles. The molecule has 28 heavy (non-hydrogen) atoms. The molecular weight excluding hydrogens is 376 g/mol. The minimum atomic E-state index is -1.01. The molecular formula is C21H28N2O4S. The second-order valence-electron chi connectivity index (χ2n) is 8.65. The molecule has 4 atom stereocenters. The molecule has 2 aliphatic heterocycles. The molecule has 2 fully saturated rings. The maximum Gasteiger partial charge on any atom is 0.327 e. The van der Waals surface area contributed by atoms with Gasteiger partial charge in [-0.2, -0.15) is 0 Å². The molecule has 6 nitrogen and oxygen atoms in total. The topological polar surface area (TPSA) is 86.7 Å². The fourth-order valence-electron chi connectivity index (χ4n) is 3.99. The maximum absolute atomic E-state index is 12.7. The predicted octanol–water partition coefficient (Wildman–Crippen LogP) is 2.62. The van der Waals surface area contributed by atoms with E-state index in [0.717, 1.165) is 12.0 Å². The van der Waals surface area contributed by atoms with Gasteiger partial charge in [0, 0.05) is 4.75 Å². The van der Waals surface area contributed by atoms with Crippen LogP contribution in [0, 0.1) is 5.92 Å². The minimum absolute atomic E-state index is 0.216. The van der Waals surface area contributed by atoms with E-state index in [9.17, 15) is 19.5 Å². The number of amides is 2. The molecule has 7 heteroatoms. The lowest BCUT2D eigenvalue weighted by atomic mass is 9.94. The molecule has 2 amide bonds. The van der Waals surface area contributed by atoms with Gasteiger partial charge in [-0.1, -0.05) is 38.1 Å². The zero-order valence-electron chi connectivity index (χ0n) is 16.9. The molecule has 3 rings (SSSR count). The third kappa shape index (κ3) is 3.64. The van der Waals surface area contributed by atoms with Gasteiger partial charge in [0.15, 0.2) is 0 Å². The van der Waals surface area contributed by atoms with Crippen molar-refractivity contribution >= 4 is 29.5 Å². The first kappa shape index (κ1) is 20.7. The lowest BCUT2D eigenvalue weighted by molar-refractivity contribution is -0.161. The minimum Gasteiger partial charge on any atom is -0.480 e. The van der Waals surface area contributed by atoms with Crippen molar-refractivity contribution in [3.05, 3.63) is 35.4 Å². The van der Waals surface area contributed by atoms with E-state index in [-0.39, 0.29) is 23.1 Å². The zero-order valence-corrected chi connectivity index (χ0v) is 17.7. The molecule has 1 aromatic rings. The number of rotatable bonds is 6. The van der Waals surface area contributed by atoms with Gasteiger partial charge >= 0.3 is 5.97 Å². The Balaban J connectivity index is 1.65. The number of thioether (sulfide) groups is 1. The fraction of sp³-hybridized carbons (Fsp3) is 0.571. The highest BCUT2D eigenvalue weighted by atomic mass is 32.2. The second kappa shape index (κ2) is 7.43. The largest absolute Gasteiger partial charge is 0.480 e. The van der Waals surface area contributed by atoms with Gasteiger partial charge in [-0.05, 0) is 44.2 Å². The number of carbonyl (C=O) groups is 3. The van der Waals surface area contributed by atoms with Crippen LogP contribution >= 0.6 is 11.8 Å². The van der Waals surface area contributed by atoms with Crippen LogP contribution in [0.3, 0.4) is 0 Å². The Morgan fingerprint density at radius 2 is 1.82 bits per heavy atom. The molecule has 2 N–H and O–H groups in total. The number of nitrogens with zero attached hydrogens (tertiary/aromatic N) is 1. The Kier molecular flexibility index (Phi) is 5.49. The van der Waals surface area contributed by atoms with Crippen LogP contribution in [0.1, 0.15) is 51.7 Å². The summed E-state index contributed by atoms with van der Waals surface area (Å²) in [5.41, 5.74) is 2.14. The summed E-state index contributed by atoms with van der Waals surface area (Å²) in [4.78, 5) is 38.2. The number of aliphatic carboxylic acids is 1. The fourth-order valence-corrected chi connectivity index (χ4v) is 5.61. The molecule has 0 bridgehead atoms. The van der Waals surface area contributed by atoms with E-state index in [4.69, 9.17) is 0 Å². The smallest absolute Gasteiger partial charge is 0.327 e. The molecule has 0 radical (unpaired) electrons. The average Bonchev–Trinajstić information content (AvgIpc) is 2.87. The monoisotopic (exact) mass is 404 g/mol. The summed E-state index contributed by atoms with van der Waals surface area (Å²) in [5, 5.41) is 12.0. The first-order valence-electron chi connectivity index (χ1n) is 9.65. The van der Waals surface area contributed by atoms with Crippen molar-refractivity contribution in [3.63, 3.8) is 0 Å². The first-order valence-corrected chi connectivity index (χ1v) is 10.5. The van der Waals surface area contributed by atoms with Crippen LogP contribution in [0.5, 0.6) is 0 Å². The van der Waals surface area contributed by atoms with Gasteiger partial charge in [-0.25, -0.2) is 4.79 Å². The number of hydrogen-bond acceptors (Lipinski definition) is 4. The van der Waals surface area contributed by atoms with Crippen LogP contribution < -0.4 is 5.32 Å². The van der Waals surface area contributed by atoms with Crippen LogP contribution in [-0.4, -0.2) is 50.0 Å². The predicted molar refractivity (Wildman–Crippen MR) is 109 cm³/mol. The van der Waals surface area contributed by atoms with Crippen molar-refractivity contribution in [1.82, 2.24) is 10.2 Å². The number of nitrogens with one attached hydrogen (secondary N) is 1. The number of carboxylic acids is 1. The summed E-state index contributed by atoms with van der Waals surface area (Å²) in [7, 11) is 0. The average molecular weight is 405 g/mol. The van der Waals surface area contributed by atoms with Crippen LogP contribution in [-0.2, 0) is 20.8 Å². The molecule has 2 aliphatic rings. The molecule has 1 unspecified atom stereocenters. The quantitative estimate of drug-likeness (QED) is 0.712. The van der Waals surface area contributed by atoms with E-state index in [1.54, 1.807) is 0 Å². The van der Waals surface area contributed by atoms with Gasteiger partial charge in [0.05, 0.1) is 5.92 Å². The number of carboxylic acid groups (broad SMARTS) is 1. The van der Waals surface area contributed by atoms with Crippen LogP contribution in [0.25, 0.3) is 0 Å². The normalized spacial score (nSPS) is 26.6. The van der Waals surface area contributed by atoms with E-state index in [2.05, 4.69) is 19.2 Å². The summed E-state index contributed by atoms with van der Waals surface area (Å²) in [5.74, 6) is -1.35. The van der Waals surface area contributed by atoms with Crippen LogP contribution in [0.2, 0.25) is 0 Å². The van der Waals surface area contributed by atoms with Gasteiger partial charge in [0.25, 0.3) is 0 Å². The van der Waals surface area contributed by atoms with Crippen molar-refractivity contribution in [3.8, 4) is 0 Å². The molecule has 0 spiro atoms. The van der Waals surface area contributed by atoms with Gasteiger partial charge in [-0.15, -0.1) is 11.8 Å². The molecule has 0 aliphatic carbocycles. The van der Waals surface area contributed by atoms with Crippen molar-refractivity contribution in [2.24, 2.45) is 5.92 Å². The van der Waals surface area contributed by atoms with Crippen molar-refractivity contribution in [1.29, 1.82) is 0 Å². The number of hydrogen-bond donors (Lipinski definition) is 2. The summed E-state index contributed by atoms with van der Waals surface area (Å²) in [6.45, 7) is 9.80. The summed E-state index contributed by atoms with van der Waals surface area (Å²) >= 11 is 1.43. The Morgan fingerprint density at radius 3 is 2.36 bits per heavy atom. The number of carbonyl (C=O) groups excluding carboxylic acids is 2. The maximum atomic E-state index is 12.7. The van der Waals surface area contributed by atoms with Gasteiger partial charge in [0.2, 0.25) is 11.8 Å². The number of fused-ring (bicyclic) bond motifs is 1. The molecule has 0 saturated carbocycles. The van der Waals surface area contributed by atoms with E-state index in [1.165, 1.54) is 22.2 Å². The van der Waals surface area contributed by atoms with Crippen molar-refractivity contribution in [2.75, 3.05) is 0 Å². The van der Waals surface area contributed by atoms with Gasteiger partial charge < -0.3 is 15.3 Å².